The number of hydrogen-bond acceptors (Lipinski definition) is 6. The number of pyridine rings is 1. The Morgan fingerprint density at radius 2 is 2.12 bits per heavy atom. The monoisotopic (exact) mass is 350 g/mol. The molecule has 2 aromatic heterocycles. The molecule has 0 aliphatic rings. The number of nitrogens with two attached hydrogens (primary N) is 1. The molecule has 0 aliphatic carbocycles. The molecule has 5 N–H and O–H groups in total. The van der Waals surface area contributed by atoms with Crippen molar-refractivity contribution in [3.05, 3.63) is 56.5 Å². The largest absolute Gasteiger partial charge is 0.481 e. The quantitative estimate of drug-likeness (QED) is 0.452. The van der Waals surface area contributed by atoms with E-state index in [1.807, 2.05) is 0 Å². The number of rotatable bonds is 7. The van der Waals surface area contributed by atoms with Crippen LogP contribution in [0.1, 0.15) is 17.5 Å². The number of carboxylic acids is 1. The molecule has 24 heavy (non-hydrogen) atoms. The van der Waals surface area contributed by atoms with Gasteiger partial charge in [0.2, 0.25) is 0 Å². The first-order valence-corrected chi connectivity index (χ1v) is 7.80. The Morgan fingerprint density at radius 1 is 1.38 bits per heavy atom. The fraction of sp³-hybridized carbons (Fsp3) is 0.333. The molecule has 2 heterocycles. The lowest BCUT2D eigenvalue weighted by atomic mass is 9.93. The molecule has 0 fully saturated rings. The van der Waals surface area contributed by atoms with Gasteiger partial charge in [0.05, 0.1) is 5.92 Å². The van der Waals surface area contributed by atoms with Crippen LogP contribution in [0.15, 0.2) is 34.1 Å². The summed E-state index contributed by atoms with van der Waals surface area (Å²) in [4.78, 5) is 42.6. The van der Waals surface area contributed by atoms with Crippen molar-refractivity contribution in [1.82, 2.24) is 15.0 Å². The Kier molecular flexibility index (Phi) is 5.80. The van der Waals surface area contributed by atoms with Crippen LogP contribution in [-0.4, -0.2) is 31.3 Å². The summed E-state index contributed by atoms with van der Waals surface area (Å²) in [6, 6.07) is 3.34. The summed E-state index contributed by atoms with van der Waals surface area (Å²) in [5.41, 5.74) is 5.59. The molecular weight excluding hydrogens is 332 g/mol. The van der Waals surface area contributed by atoms with Gasteiger partial charge in [-0.25, -0.2) is 9.78 Å². The fourth-order valence-electron chi connectivity index (χ4n) is 2.33. The van der Waals surface area contributed by atoms with Crippen LogP contribution in [0.3, 0.4) is 0 Å². The molecule has 0 amide bonds. The zero-order chi connectivity index (χ0) is 17.7. The van der Waals surface area contributed by atoms with E-state index >= 15 is 0 Å². The molecule has 0 aromatic carbocycles. The predicted molar refractivity (Wildman–Crippen MR) is 92.3 cm³/mol. The van der Waals surface area contributed by atoms with Crippen LogP contribution in [0.25, 0.3) is 0 Å². The molecule has 128 valence electrons. The van der Waals surface area contributed by atoms with Crippen LogP contribution in [0.2, 0.25) is 0 Å². The number of nitrogens with zero attached hydrogens (tertiary/aromatic N) is 1. The minimum absolute atomic E-state index is 0.263. The number of hydrogen-bond donors (Lipinski definition) is 5. The van der Waals surface area contributed by atoms with Crippen LogP contribution in [0.4, 0.5) is 5.82 Å². The van der Waals surface area contributed by atoms with Crippen molar-refractivity contribution in [1.29, 1.82) is 0 Å². The van der Waals surface area contributed by atoms with Crippen molar-refractivity contribution in [2.24, 2.45) is 5.92 Å². The number of nitrogens with one attached hydrogen (secondary N) is 2. The smallest absolute Gasteiger partial charge is 0.325 e. The third-order valence-corrected chi connectivity index (χ3v) is 4.31. The maximum Gasteiger partial charge on any atom is 0.325 e. The van der Waals surface area contributed by atoms with Gasteiger partial charge in [0, 0.05) is 23.2 Å². The van der Waals surface area contributed by atoms with Gasteiger partial charge in [-0.1, -0.05) is 6.07 Å². The Balaban J connectivity index is 2.04. The number of carbonyl (C=O) groups is 1. The lowest BCUT2D eigenvalue weighted by molar-refractivity contribution is -0.141. The third-order valence-electron chi connectivity index (χ3n) is 3.69. The molecule has 0 aliphatic heterocycles. The van der Waals surface area contributed by atoms with Crippen molar-refractivity contribution < 1.29 is 9.90 Å². The van der Waals surface area contributed by atoms with Crippen LogP contribution in [0, 0.1) is 5.92 Å². The maximum atomic E-state index is 11.6. The first-order valence-electron chi connectivity index (χ1n) is 7.29. The second kappa shape index (κ2) is 7.82. The highest BCUT2D eigenvalue weighted by Gasteiger charge is 2.26. The molecule has 0 saturated heterocycles. The number of nitrogen functional groups attached to an aromatic ring is 1. The molecule has 0 bridgehead atoms. The van der Waals surface area contributed by atoms with Gasteiger partial charge in [-0.15, -0.1) is 0 Å². The maximum absolute atomic E-state index is 11.6. The Labute approximate surface area is 142 Å². The second-order valence-corrected chi connectivity index (χ2v) is 6.11. The van der Waals surface area contributed by atoms with E-state index in [1.54, 1.807) is 18.3 Å². The number of H-pyrrole nitrogens is 2. The molecule has 0 saturated carbocycles. The zero-order valence-corrected chi connectivity index (χ0v) is 13.6. The first kappa shape index (κ1) is 17.8. The molecular formula is C15H18N4O4S. The molecule has 8 nitrogen and oxygen atoms in total. The Hall–Kier alpha value is -2.55. The van der Waals surface area contributed by atoms with E-state index < -0.39 is 28.4 Å². The average Bonchev–Trinajstić information content (AvgIpc) is 2.53. The van der Waals surface area contributed by atoms with Crippen LogP contribution < -0.4 is 17.0 Å². The molecule has 9 heteroatoms. The van der Waals surface area contributed by atoms with E-state index in [9.17, 15) is 19.5 Å². The molecule has 2 unspecified atom stereocenters. The van der Waals surface area contributed by atoms with Gasteiger partial charge in [-0.05, 0) is 30.9 Å². The highest BCUT2D eigenvalue weighted by Crippen LogP contribution is 2.21. The summed E-state index contributed by atoms with van der Waals surface area (Å²) in [6.07, 6.45) is 3.82. The number of aromatic nitrogens is 3. The molecule has 2 rings (SSSR count). The number of thiol groups is 1. The van der Waals surface area contributed by atoms with Crippen LogP contribution >= 0.6 is 12.6 Å². The van der Waals surface area contributed by atoms with Gasteiger partial charge in [-0.2, -0.15) is 12.6 Å². The molecule has 2 atom stereocenters. The highest BCUT2D eigenvalue weighted by atomic mass is 32.1. The topological polar surface area (TPSA) is 142 Å². The normalized spacial score (nSPS) is 13.4. The lowest BCUT2D eigenvalue weighted by Gasteiger charge is -2.19. The fourth-order valence-corrected chi connectivity index (χ4v) is 2.69. The van der Waals surface area contributed by atoms with E-state index in [0.717, 1.165) is 5.56 Å². The molecule has 0 spiro atoms. The van der Waals surface area contributed by atoms with Gasteiger partial charge in [0.15, 0.2) is 0 Å². The van der Waals surface area contributed by atoms with E-state index in [1.165, 1.54) is 6.20 Å². The van der Waals surface area contributed by atoms with Crippen LogP contribution in [-0.2, 0) is 17.6 Å². The molecule has 2 aromatic rings. The van der Waals surface area contributed by atoms with Gasteiger partial charge < -0.3 is 15.8 Å². The number of carboxylic acid groups (broad SMARTS) is 1. The van der Waals surface area contributed by atoms with Crippen molar-refractivity contribution in [2.45, 2.75) is 24.5 Å². The van der Waals surface area contributed by atoms with Crippen molar-refractivity contribution in [3.8, 4) is 0 Å². The average molecular weight is 350 g/mol. The zero-order valence-electron chi connectivity index (χ0n) is 12.7. The van der Waals surface area contributed by atoms with Gasteiger partial charge in [0.25, 0.3) is 5.56 Å². The number of anilines is 1. The molecule has 0 radical (unpaired) electrons. The van der Waals surface area contributed by atoms with E-state index in [-0.39, 0.29) is 6.42 Å². The van der Waals surface area contributed by atoms with Crippen molar-refractivity contribution >= 4 is 24.4 Å². The number of aliphatic carboxylic acids is 1. The lowest BCUT2D eigenvalue weighted by Crippen LogP contribution is -2.29. The summed E-state index contributed by atoms with van der Waals surface area (Å²) >= 11 is 4.39. The van der Waals surface area contributed by atoms with E-state index in [0.29, 0.717) is 24.2 Å². The minimum Gasteiger partial charge on any atom is -0.481 e. The third kappa shape index (κ3) is 4.72. The van der Waals surface area contributed by atoms with Gasteiger partial charge in [0.1, 0.15) is 5.82 Å². The summed E-state index contributed by atoms with van der Waals surface area (Å²) in [5, 5.41) is 8.97. The standard InChI is InChI=1S/C15H18N4O4S/c16-12-4-1-8(6-17-12)5-10(14(21)22)11(24)3-2-9-7-18-15(23)19-13(9)20/h1,4,6-7,10-11,24H,2-3,5H2,(H2,16,17)(H,21,22)(H2,18,19,20,23). The predicted octanol–water partition coefficient (Wildman–Crippen LogP) is 0.215. The van der Waals surface area contributed by atoms with Crippen LogP contribution in [0.5, 0.6) is 0 Å². The Bertz CT molecular complexity index is 815. The summed E-state index contributed by atoms with van der Waals surface area (Å²) in [7, 11) is 0. The van der Waals surface area contributed by atoms with Gasteiger partial charge in [-0.3, -0.25) is 14.6 Å². The van der Waals surface area contributed by atoms with Gasteiger partial charge >= 0.3 is 11.7 Å². The summed E-state index contributed by atoms with van der Waals surface area (Å²) in [6.45, 7) is 0. The van der Waals surface area contributed by atoms with Crippen molar-refractivity contribution in [2.75, 3.05) is 5.73 Å². The SMILES string of the molecule is Nc1ccc(CC(C(=O)O)C(S)CCc2c[nH]c(=O)[nH]c2=O)cn1. The summed E-state index contributed by atoms with van der Waals surface area (Å²) < 4.78 is 0. The Morgan fingerprint density at radius 3 is 2.71 bits per heavy atom. The number of aryl methyl sites for hydroxylation is 1. The van der Waals surface area contributed by atoms with E-state index in [2.05, 4.69) is 27.6 Å². The van der Waals surface area contributed by atoms with E-state index in [4.69, 9.17) is 5.73 Å². The first-order chi connectivity index (χ1) is 11.4. The minimum atomic E-state index is -0.970. The summed E-state index contributed by atoms with van der Waals surface area (Å²) in [5.74, 6) is -1.34. The van der Waals surface area contributed by atoms with Crippen molar-refractivity contribution in [3.63, 3.8) is 0 Å². The number of aromatic amines is 2. The highest BCUT2D eigenvalue weighted by molar-refractivity contribution is 7.81. The second-order valence-electron chi connectivity index (χ2n) is 5.44.